The number of rotatable bonds is 5. The highest BCUT2D eigenvalue weighted by Crippen LogP contribution is 2.30. The van der Waals surface area contributed by atoms with Gasteiger partial charge in [0.15, 0.2) is 0 Å². The van der Waals surface area contributed by atoms with Gasteiger partial charge in [-0.05, 0) is 25.3 Å². The Morgan fingerprint density at radius 1 is 1.50 bits per heavy atom. The standard InChI is InChI=1S/C12H24N2O2/c1-10(8-13)7-11(15)14(2)9-12(16)5-3-4-6-12/h10,16H,3-9,13H2,1-2H3. The van der Waals surface area contributed by atoms with Gasteiger partial charge in [-0.25, -0.2) is 0 Å². The minimum absolute atomic E-state index is 0.0817. The number of carbonyl (C=O) groups is 1. The van der Waals surface area contributed by atoms with Crippen LogP contribution in [0.15, 0.2) is 0 Å². The zero-order valence-electron chi connectivity index (χ0n) is 10.4. The fourth-order valence-electron chi connectivity index (χ4n) is 2.26. The molecule has 1 atom stereocenters. The van der Waals surface area contributed by atoms with Crippen LogP contribution in [0.25, 0.3) is 0 Å². The minimum atomic E-state index is -0.642. The molecular formula is C12H24N2O2. The van der Waals surface area contributed by atoms with E-state index in [1.165, 1.54) is 0 Å². The molecule has 1 amide bonds. The highest BCUT2D eigenvalue weighted by Gasteiger charge is 2.33. The maximum absolute atomic E-state index is 11.8. The van der Waals surface area contributed by atoms with Crippen LogP contribution in [0.1, 0.15) is 39.0 Å². The first-order valence-electron chi connectivity index (χ1n) is 6.13. The zero-order chi connectivity index (χ0) is 12.2. The van der Waals surface area contributed by atoms with E-state index in [0.717, 1.165) is 25.7 Å². The first-order valence-corrected chi connectivity index (χ1v) is 6.13. The van der Waals surface area contributed by atoms with Crippen LogP contribution in [0.4, 0.5) is 0 Å². The zero-order valence-corrected chi connectivity index (χ0v) is 10.4. The SMILES string of the molecule is CC(CN)CC(=O)N(C)CC1(O)CCCC1. The van der Waals surface area contributed by atoms with Gasteiger partial charge in [0.25, 0.3) is 0 Å². The van der Waals surface area contributed by atoms with Crippen LogP contribution in [-0.2, 0) is 4.79 Å². The van der Waals surface area contributed by atoms with Crippen molar-refractivity contribution in [3.05, 3.63) is 0 Å². The Morgan fingerprint density at radius 3 is 2.56 bits per heavy atom. The Labute approximate surface area is 97.8 Å². The molecule has 1 rings (SSSR count). The third-order valence-corrected chi connectivity index (χ3v) is 3.42. The summed E-state index contributed by atoms with van der Waals surface area (Å²) in [6.07, 6.45) is 4.24. The lowest BCUT2D eigenvalue weighted by molar-refractivity contribution is -0.134. The summed E-state index contributed by atoms with van der Waals surface area (Å²) in [7, 11) is 1.77. The number of likely N-dealkylation sites (N-methyl/N-ethyl adjacent to an activating group) is 1. The maximum atomic E-state index is 11.8. The van der Waals surface area contributed by atoms with Crippen molar-refractivity contribution in [1.82, 2.24) is 4.90 Å². The summed E-state index contributed by atoms with van der Waals surface area (Å²) in [5, 5.41) is 10.2. The Hall–Kier alpha value is -0.610. The topological polar surface area (TPSA) is 66.6 Å². The molecule has 94 valence electrons. The lowest BCUT2D eigenvalue weighted by atomic mass is 10.0. The summed E-state index contributed by atoms with van der Waals surface area (Å²) in [6, 6.07) is 0. The van der Waals surface area contributed by atoms with Crippen LogP contribution < -0.4 is 5.73 Å². The van der Waals surface area contributed by atoms with Crippen molar-refractivity contribution >= 4 is 5.91 Å². The van der Waals surface area contributed by atoms with E-state index < -0.39 is 5.60 Å². The average Bonchev–Trinajstić information content (AvgIpc) is 2.64. The predicted molar refractivity (Wildman–Crippen MR) is 63.9 cm³/mol. The molecule has 1 fully saturated rings. The van der Waals surface area contributed by atoms with Crippen LogP contribution in [0.2, 0.25) is 0 Å². The average molecular weight is 228 g/mol. The van der Waals surface area contributed by atoms with Gasteiger partial charge in [-0.15, -0.1) is 0 Å². The summed E-state index contributed by atoms with van der Waals surface area (Å²) >= 11 is 0. The van der Waals surface area contributed by atoms with Crippen molar-refractivity contribution in [3.63, 3.8) is 0 Å². The number of amides is 1. The van der Waals surface area contributed by atoms with E-state index in [1.807, 2.05) is 6.92 Å². The van der Waals surface area contributed by atoms with E-state index in [-0.39, 0.29) is 11.8 Å². The second-order valence-corrected chi connectivity index (χ2v) is 5.23. The molecule has 0 bridgehead atoms. The Balaban J connectivity index is 2.39. The molecule has 4 heteroatoms. The normalized spacial score (nSPS) is 20.8. The molecule has 0 radical (unpaired) electrons. The summed E-state index contributed by atoms with van der Waals surface area (Å²) in [5.41, 5.74) is 4.85. The van der Waals surface area contributed by atoms with Crippen LogP contribution in [0, 0.1) is 5.92 Å². The Morgan fingerprint density at radius 2 is 2.06 bits per heavy atom. The second kappa shape index (κ2) is 5.64. The molecule has 3 N–H and O–H groups in total. The van der Waals surface area contributed by atoms with Gasteiger partial charge in [0.2, 0.25) is 5.91 Å². The molecule has 0 heterocycles. The number of hydrogen-bond donors (Lipinski definition) is 2. The predicted octanol–water partition coefficient (Wildman–Crippen LogP) is 0.735. The van der Waals surface area contributed by atoms with E-state index in [2.05, 4.69) is 0 Å². The smallest absolute Gasteiger partial charge is 0.222 e. The lowest BCUT2D eigenvalue weighted by Gasteiger charge is -2.29. The number of carbonyl (C=O) groups excluding carboxylic acids is 1. The number of aliphatic hydroxyl groups is 1. The third kappa shape index (κ3) is 3.76. The first kappa shape index (κ1) is 13.5. The molecular weight excluding hydrogens is 204 g/mol. The Bertz CT molecular complexity index is 237. The van der Waals surface area contributed by atoms with Crippen molar-refractivity contribution in [3.8, 4) is 0 Å². The molecule has 0 aromatic heterocycles. The van der Waals surface area contributed by atoms with Gasteiger partial charge in [0, 0.05) is 20.0 Å². The molecule has 16 heavy (non-hydrogen) atoms. The van der Waals surface area contributed by atoms with E-state index in [0.29, 0.717) is 19.5 Å². The first-order chi connectivity index (χ1) is 7.47. The van der Waals surface area contributed by atoms with Gasteiger partial charge in [-0.3, -0.25) is 4.79 Å². The Kier molecular flexibility index (Phi) is 4.74. The van der Waals surface area contributed by atoms with Crippen LogP contribution >= 0.6 is 0 Å². The molecule has 1 saturated carbocycles. The number of nitrogens with zero attached hydrogens (tertiary/aromatic N) is 1. The van der Waals surface area contributed by atoms with Crippen molar-refractivity contribution in [2.45, 2.75) is 44.6 Å². The van der Waals surface area contributed by atoms with E-state index >= 15 is 0 Å². The van der Waals surface area contributed by atoms with E-state index in [4.69, 9.17) is 5.73 Å². The third-order valence-electron chi connectivity index (χ3n) is 3.42. The maximum Gasteiger partial charge on any atom is 0.222 e. The summed E-state index contributed by atoms with van der Waals surface area (Å²) in [4.78, 5) is 13.5. The molecule has 0 aromatic carbocycles. The van der Waals surface area contributed by atoms with Crippen LogP contribution in [-0.4, -0.2) is 41.7 Å². The van der Waals surface area contributed by atoms with E-state index in [1.54, 1.807) is 11.9 Å². The summed E-state index contributed by atoms with van der Waals surface area (Å²) in [6.45, 7) is 2.96. The van der Waals surface area contributed by atoms with Gasteiger partial charge in [-0.1, -0.05) is 19.8 Å². The molecule has 1 unspecified atom stereocenters. The van der Waals surface area contributed by atoms with Crippen molar-refractivity contribution in [1.29, 1.82) is 0 Å². The van der Waals surface area contributed by atoms with Crippen molar-refractivity contribution in [2.75, 3.05) is 20.1 Å². The van der Waals surface area contributed by atoms with Crippen molar-refractivity contribution < 1.29 is 9.90 Å². The van der Waals surface area contributed by atoms with Crippen LogP contribution in [0.5, 0.6) is 0 Å². The molecule has 0 aliphatic heterocycles. The summed E-state index contributed by atoms with van der Waals surface area (Å²) in [5.74, 6) is 0.298. The van der Waals surface area contributed by atoms with E-state index in [9.17, 15) is 9.90 Å². The van der Waals surface area contributed by atoms with Gasteiger partial charge in [0.05, 0.1) is 5.60 Å². The number of hydrogen-bond acceptors (Lipinski definition) is 3. The van der Waals surface area contributed by atoms with Gasteiger partial charge >= 0.3 is 0 Å². The molecule has 0 aromatic rings. The highest BCUT2D eigenvalue weighted by atomic mass is 16.3. The quantitative estimate of drug-likeness (QED) is 0.729. The number of nitrogens with two attached hydrogens (primary N) is 1. The highest BCUT2D eigenvalue weighted by molar-refractivity contribution is 5.76. The lowest BCUT2D eigenvalue weighted by Crippen LogP contribution is -2.42. The largest absolute Gasteiger partial charge is 0.388 e. The van der Waals surface area contributed by atoms with Gasteiger partial charge < -0.3 is 15.7 Å². The van der Waals surface area contributed by atoms with Gasteiger partial charge in [0.1, 0.15) is 0 Å². The molecule has 4 nitrogen and oxygen atoms in total. The molecule has 1 aliphatic rings. The minimum Gasteiger partial charge on any atom is -0.388 e. The van der Waals surface area contributed by atoms with Crippen molar-refractivity contribution in [2.24, 2.45) is 11.7 Å². The molecule has 0 spiro atoms. The molecule has 0 saturated heterocycles. The fourth-order valence-corrected chi connectivity index (χ4v) is 2.26. The molecule has 1 aliphatic carbocycles. The second-order valence-electron chi connectivity index (χ2n) is 5.23. The van der Waals surface area contributed by atoms with Crippen LogP contribution in [0.3, 0.4) is 0 Å². The fraction of sp³-hybridized carbons (Fsp3) is 0.917. The summed E-state index contributed by atoms with van der Waals surface area (Å²) < 4.78 is 0. The van der Waals surface area contributed by atoms with Gasteiger partial charge in [-0.2, -0.15) is 0 Å². The monoisotopic (exact) mass is 228 g/mol.